The number of hydrogen-bond donors (Lipinski definition) is 1. The van der Waals surface area contributed by atoms with E-state index in [1.54, 1.807) is 0 Å². The molecule has 120 valence electrons. The molecule has 0 bridgehead atoms. The summed E-state index contributed by atoms with van der Waals surface area (Å²) in [5.74, 6) is 0.753. The van der Waals surface area contributed by atoms with Gasteiger partial charge in [0.05, 0.1) is 0 Å². The first kappa shape index (κ1) is 15.3. The van der Waals surface area contributed by atoms with Crippen molar-refractivity contribution >= 4 is 5.96 Å². The van der Waals surface area contributed by atoms with Crippen LogP contribution in [0, 0.1) is 0 Å². The molecule has 1 aromatic carbocycles. The molecule has 3 rings (SSSR count). The Labute approximate surface area is 134 Å². The largest absolute Gasteiger partial charge is 0.370 e. The highest BCUT2D eigenvalue weighted by atomic mass is 15.3. The highest BCUT2D eigenvalue weighted by molar-refractivity contribution is 5.78. The SMILES string of the molecule is NC(=NCCCN1CCc2ccccc2C1)N1CCCCC1. The first-order valence-electron chi connectivity index (χ1n) is 8.67. The van der Waals surface area contributed by atoms with Crippen LogP contribution in [0.3, 0.4) is 0 Å². The highest BCUT2D eigenvalue weighted by Crippen LogP contribution is 2.18. The Morgan fingerprint density at radius 1 is 1.05 bits per heavy atom. The van der Waals surface area contributed by atoms with Gasteiger partial charge in [0.15, 0.2) is 5.96 Å². The van der Waals surface area contributed by atoms with E-state index in [-0.39, 0.29) is 0 Å². The van der Waals surface area contributed by atoms with Crippen molar-refractivity contribution in [3.05, 3.63) is 35.4 Å². The van der Waals surface area contributed by atoms with Crippen LogP contribution in [0.1, 0.15) is 36.8 Å². The van der Waals surface area contributed by atoms with E-state index in [2.05, 4.69) is 39.1 Å². The van der Waals surface area contributed by atoms with E-state index in [0.29, 0.717) is 0 Å². The zero-order valence-corrected chi connectivity index (χ0v) is 13.5. The van der Waals surface area contributed by atoms with Gasteiger partial charge in [0, 0.05) is 39.3 Å². The normalized spacial score (nSPS) is 20.0. The van der Waals surface area contributed by atoms with E-state index >= 15 is 0 Å². The maximum Gasteiger partial charge on any atom is 0.191 e. The van der Waals surface area contributed by atoms with Gasteiger partial charge in [-0.15, -0.1) is 0 Å². The summed E-state index contributed by atoms with van der Waals surface area (Å²) >= 11 is 0. The lowest BCUT2D eigenvalue weighted by atomic mass is 10.00. The summed E-state index contributed by atoms with van der Waals surface area (Å²) in [6, 6.07) is 8.81. The number of benzene rings is 1. The van der Waals surface area contributed by atoms with Crippen molar-refractivity contribution < 1.29 is 0 Å². The van der Waals surface area contributed by atoms with Gasteiger partial charge in [0.2, 0.25) is 0 Å². The molecule has 0 spiro atoms. The molecule has 1 saturated heterocycles. The lowest BCUT2D eigenvalue weighted by Gasteiger charge is -2.29. The number of likely N-dealkylation sites (tertiary alicyclic amines) is 1. The molecule has 2 N–H and O–H groups in total. The molecule has 2 aliphatic heterocycles. The predicted molar refractivity (Wildman–Crippen MR) is 92.0 cm³/mol. The van der Waals surface area contributed by atoms with Gasteiger partial charge in [0.1, 0.15) is 0 Å². The summed E-state index contributed by atoms with van der Waals surface area (Å²) in [6.45, 7) is 6.38. The van der Waals surface area contributed by atoms with Crippen LogP contribution in [-0.4, -0.2) is 48.5 Å². The molecule has 0 amide bonds. The summed E-state index contributed by atoms with van der Waals surface area (Å²) in [7, 11) is 0. The molecular weight excluding hydrogens is 272 g/mol. The van der Waals surface area contributed by atoms with Crippen molar-refractivity contribution in [2.24, 2.45) is 10.7 Å². The van der Waals surface area contributed by atoms with Crippen molar-refractivity contribution in [2.75, 3.05) is 32.7 Å². The fraction of sp³-hybridized carbons (Fsp3) is 0.611. The molecule has 0 atom stereocenters. The van der Waals surface area contributed by atoms with Crippen LogP contribution >= 0.6 is 0 Å². The molecule has 2 aliphatic rings. The fourth-order valence-electron chi connectivity index (χ4n) is 3.46. The van der Waals surface area contributed by atoms with Crippen molar-refractivity contribution in [2.45, 2.75) is 38.6 Å². The Bertz CT molecular complexity index is 506. The summed E-state index contributed by atoms with van der Waals surface area (Å²) in [5.41, 5.74) is 9.10. The molecule has 2 heterocycles. The Morgan fingerprint density at radius 3 is 2.64 bits per heavy atom. The average molecular weight is 300 g/mol. The van der Waals surface area contributed by atoms with Gasteiger partial charge in [-0.05, 0) is 43.2 Å². The van der Waals surface area contributed by atoms with Gasteiger partial charge in [0.25, 0.3) is 0 Å². The minimum Gasteiger partial charge on any atom is -0.370 e. The quantitative estimate of drug-likeness (QED) is 0.527. The number of nitrogens with zero attached hydrogens (tertiary/aromatic N) is 3. The second kappa shape index (κ2) is 7.63. The van der Waals surface area contributed by atoms with Gasteiger partial charge in [-0.25, -0.2) is 0 Å². The number of piperidine rings is 1. The first-order valence-corrected chi connectivity index (χ1v) is 8.67. The maximum atomic E-state index is 6.09. The fourth-order valence-corrected chi connectivity index (χ4v) is 3.46. The smallest absolute Gasteiger partial charge is 0.191 e. The number of fused-ring (bicyclic) bond motifs is 1. The maximum absolute atomic E-state index is 6.09. The van der Waals surface area contributed by atoms with Gasteiger partial charge < -0.3 is 10.6 Å². The van der Waals surface area contributed by atoms with Gasteiger partial charge in [-0.1, -0.05) is 24.3 Å². The average Bonchev–Trinajstić information content (AvgIpc) is 2.59. The molecule has 0 saturated carbocycles. The van der Waals surface area contributed by atoms with E-state index in [0.717, 1.165) is 45.1 Å². The second-order valence-corrected chi connectivity index (χ2v) is 6.44. The second-order valence-electron chi connectivity index (χ2n) is 6.44. The molecule has 22 heavy (non-hydrogen) atoms. The van der Waals surface area contributed by atoms with E-state index in [1.165, 1.54) is 43.4 Å². The summed E-state index contributed by atoms with van der Waals surface area (Å²) in [6.07, 6.45) is 6.11. The summed E-state index contributed by atoms with van der Waals surface area (Å²) in [4.78, 5) is 9.34. The lowest BCUT2D eigenvalue weighted by Crippen LogP contribution is -2.41. The molecule has 0 aliphatic carbocycles. The van der Waals surface area contributed by atoms with Crippen LogP contribution in [-0.2, 0) is 13.0 Å². The molecular formula is C18H28N4. The van der Waals surface area contributed by atoms with Crippen molar-refractivity contribution in [3.63, 3.8) is 0 Å². The van der Waals surface area contributed by atoms with Crippen LogP contribution in [0.5, 0.6) is 0 Å². The Morgan fingerprint density at radius 2 is 1.82 bits per heavy atom. The third kappa shape index (κ3) is 4.01. The Balaban J connectivity index is 1.40. The molecule has 0 aromatic heterocycles. The van der Waals surface area contributed by atoms with E-state index in [4.69, 9.17) is 5.73 Å². The van der Waals surface area contributed by atoms with Crippen LogP contribution in [0.25, 0.3) is 0 Å². The number of hydrogen-bond acceptors (Lipinski definition) is 2. The lowest BCUT2D eigenvalue weighted by molar-refractivity contribution is 0.252. The molecule has 0 radical (unpaired) electrons. The number of guanidine groups is 1. The minimum absolute atomic E-state index is 0.753. The molecule has 4 heteroatoms. The van der Waals surface area contributed by atoms with Gasteiger partial charge in [-0.3, -0.25) is 9.89 Å². The zero-order chi connectivity index (χ0) is 15.2. The van der Waals surface area contributed by atoms with E-state index < -0.39 is 0 Å². The molecule has 1 fully saturated rings. The number of nitrogens with two attached hydrogens (primary N) is 1. The Hall–Kier alpha value is -1.55. The first-order chi connectivity index (χ1) is 10.8. The standard InChI is InChI=1S/C18H28N4/c19-18(22-12-4-1-5-13-22)20-10-6-11-21-14-9-16-7-2-3-8-17(16)15-21/h2-3,7-8H,1,4-6,9-15H2,(H2,19,20). The third-order valence-electron chi connectivity index (χ3n) is 4.80. The summed E-state index contributed by atoms with van der Waals surface area (Å²) in [5, 5.41) is 0. The van der Waals surface area contributed by atoms with Crippen molar-refractivity contribution in [3.8, 4) is 0 Å². The van der Waals surface area contributed by atoms with Crippen molar-refractivity contribution in [1.29, 1.82) is 0 Å². The number of rotatable bonds is 4. The minimum atomic E-state index is 0.753. The third-order valence-corrected chi connectivity index (χ3v) is 4.80. The van der Waals surface area contributed by atoms with Crippen molar-refractivity contribution in [1.82, 2.24) is 9.80 Å². The van der Waals surface area contributed by atoms with Crippen LogP contribution < -0.4 is 5.73 Å². The van der Waals surface area contributed by atoms with Crippen LogP contribution in [0.4, 0.5) is 0 Å². The van der Waals surface area contributed by atoms with E-state index in [1.807, 2.05) is 0 Å². The van der Waals surface area contributed by atoms with E-state index in [9.17, 15) is 0 Å². The Kier molecular flexibility index (Phi) is 5.33. The van der Waals surface area contributed by atoms with Gasteiger partial charge >= 0.3 is 0 Å². The van der Waals surface area contributed by atoms with Crippen LogP contribution in [0.2, 0.25) is 0 Å². The van der Waals surface area contributed by atoms with Gasteiger partial charge in [-0.2, -0.15) is 0 Å². The number of aliphatic imine (C=N–C) groups is 1. The summed E-state index contributed by atoms with van der Waals surface area (Å²) < 4.78 is 0. The molecule has 0 unspecified atom stereocenters. The highest BCUT2D eigenvalue weighted by Gasteiger charge is 2.15. The zero-order valence-electron chi connectivity index (χ0n) is 13.5. The molecule has 4 nitrogen and oxygen atoms in total. The van der Waals surface area contributed by atoms with Crippen LogP contribution in [0.15, 0.2) is 29.3 Å². The monoisotopic (exact) mass is 300 g/mol. The molecule has 1 aromatic rings. The predicted octanol–water partition coefficient (Wildman–Crippen LogP) is 2.24. The topological polar surface area (TPSA) is 44.9 Å².